The molecule has 0 bridgehead atoms. The van der Waals surface area contributed by atoms with Crippen LogP contribution in [0.5, 0.6) is 0 Å². The molecule has 1 aromatic heterocycles. The number of carbonyl (C=O) groups is 1. The summed E-state index contributed by atoms with van der Waals surface area (Å²) in [7, 11) is 0. The third kappa shape index (κ3) is 1.35. The Balaban J connectivity index is 2.67. The van der Waals surface area contributed by atoms with Crippen molar-refractivity contribution in [3.05, 3.63) is 30.0 Å². The van der Waals surface area contributed by atoms with E-state index >= 15 is 0 Å². The van der Waals surface area contributed by atoms with Gasteiger partial charge in [-0.3, -0.25) is 4.98 Å². The zero-order valence-corrected chi connectivity index (χ0v) is 7.14. The van der Waals surface area contributed by atoms with E-state index in [0.29, 0.717) is 16.9 Å². The molecule has 0 amide bonds. The molecule has 0 radical (unpaired) electrons. The fourth-order valence-electron chi connectivity index (χ4n) is 1.16. The molecule has 1 aromatic carbocycles. The van der Waals surface area contributed by atoms with Crippen molar-refractivity contribution < 1.29 is 9.90 Å². The summed E-state index contributed by atoms with van der Waals surface area (Å²) in [5.74, 6) is -0.661. The Labute approximate surface area is 79.2 Å². The van der Waals surface area contributed by atoms with Gasteiger partial charge >= 0.3 is 5.97 Å². The summed E-state index contributed by atoms with van der Waals surface area (Å²) in [6.07, 6.45) is 1.40. The number of hydrogen-bond acceptors (Lipinski definition) is 4. The lowest BCUT2D eigenvalue weighted by molar-refractivity contribution is 0.0697. The van der Waals surface area contributed by atoms with E-state index in [1.165, 1.54) is 18.3 Å². The summed E-state index contributed by atoms with van der Waals surface area (Å²) in [5.41, 5.74) is 6.74. The van der Waals surface area contributed by atoms with E-state index in [2.05, 4.69) is 9.97 Å². The van der Waals surface area contributed by atoms with Crippen molar-refractivity contribution in [2.45, 2.75) is 0 Å². The average Bonchev–Trinajstić information content (AvgIpc) is 2.16. The topological polar surface area (TPSA) is 89.1 Å². The van der Waals surface area contributed by atoms with Gasteiger partial charge in [-0.1, -0.05) is 0 Å². The minimum Gasteiger partial charge on any atom is -0.478 e. The fraction of sp³-hybridized carbons (Fsp3) is 0. The number of carboxylic acids is 1. The Hall–Kier alpha value is -2.17. The van der Waals surface area contributed by atoms with Gasteiger partial charge in [-0.2, -0.15) is 0 Å². The van der Waals surface area contributed by atoms with Crippen LogP contribution in [-0.2, 0) is 0 Å². The standard InChI is InChI=1S/C9H7N3O2/c10-8-4-11-7-3-5(9(13)14)1-2-6(7)12-8/h1-4H,(H2,10,12)(H,13,14). The quantitative estimate of drug-likeness (QED) is 0.695. The maximum absolute atomic E-state index is 10.6. The third-order valence-electron chi connectivity index (χ3n) is 1.81. The number of benzene rings is 1. The zero-order valence-electron chi connectivity index (χ0n) is 7.14. The molecule has 0 spiro atoms. The summed E-state index contributed by atoms with van der Waals surface area (Å²) >= 11 is 0. The van der Waals surface area contributed by atoms with Crippen LogP contribution in [0.2, 0.25) is 0 Å². The second-order valence-corrected chi connectivity index (χ2v) is 2.80. The SMILES string of the molecule is Nc1cnc2cc(C(=O)O)ccc2n1. The molecule has 1 heterocycles. The Kier molecular flexibility index (Phi) is 1.78. The van der Waals surface area contributed by atoms with Gasteiger partial charge in [0.15, 0.2) is 0 Å². The minimum absolute atomic E-state index is 0.191. The number of aromatic carboxylic acids is 1. The van der Waals surface area contributed by atoms with Gasteiger partial charge in [-0.15, -0.1) is 0 Å². The van der Waals surface area contributed by atoms with E-state index < -0.39 is 5.97 Å². The summed E-state index contributed by atoms with van der Waals surface area (Å²) in [4.78, 5) is 18.6. The van der Waals surface area contributed by atoms with Crippen LogP contribution < -0.4 is 5.73 Å². The molecule has 5 nitrogen and oxygen atoms in total. The smallest absolute Gasteiger partial charge is 0.335 e. The second-order valence-electron chi connectivity index (χ2n) is 2.80. The molecule has 0 aliphatic carbocycles. The van der Waals surface area contributed by atoms with Crippen LogP contribution in [0, 0.1) is 0 Å². The number of nitrogens with zero attached hydrogens (tertiary/aromatic N) is 2. The average molecular weight is 189 g/mol. The van der Waals surface area contributed by atoms with Crippen LogP contribution in [0.25, 0.3) is 11.0 Å². The van der Waals surface area contributed by atoms with Gasteiger partial charge in [0.1, 0.15) is 5.82 Å². The van der Waals surface area contributed by atoms with Crippen molar-refractivity contribution in [3.63, 3.8) is 0 Å². The van der Waals surface area contributed by atoms with Crippen LogP contribution in [-0.4, -0.2) is 21.0 Å². The Morgan fingerprint density at radius 2 is 2.14 bits per heavy atom. The molecule has 0 atom stereocenters. The predicted octanol–water partition coefficient (Wildman–Crippen LogP) is 0.910. The number of nitrogen functional groups attached to an aromatic ring is 1. The summed E-state index contributed by atoms with van der Waals surface area (Å²) in [6.45, 7) is 0. The number of hydrogen-bond donors (Lipinski definition) is 2. The number of carboxylic acid groups (broad SMARTS) is 1. The molecular formula is C9H7N3O2. The first-order valence-corrected chi connectivity index (χ1v) is 3.92. The highest BCUT2D eigenvalue weighted by atomic mass is 16.4. The monoisotopic (exact) mass is 189 g/mol. The molecule has 0 aliphatic rings. The molecule has 0 unspecified atom stereocenters. The highest BCUT2D eigenvalue weighted by Gasteiger charge is 2.04. The van der Waals surface area contributed by atoms with E-state index in [1.54, 1.807) is 6.07 Å². The fourth-order valence-corrected chi connectivity index (χ4v) is 1.16. The number of nitrogens with two attached hydrogens (primary N) is 1. The Morgan fingerprint density at radius 3 is 2.86 bits per heavy atom. The molecule has 2 aromatic rings. The molecule has 70 valence electrons. The van der Waals surface area contributed by atoms with Gasteiger partial charge in [0.25, 0.3) is 0 Å². The van der Waals surface area contributed by atoms with Gasteiger partial charge in [0, 0.05) is 0 Å². The number of aromatic nitrogens is 2. The molecule has 0 aliphatic heterocycles. The molecule has 5 heteroatoms. The van der Waals surface area contributed by atoms with Crippen LogP contribution in [0.15, 0.2) is 24.4 Å². The van der Waals surface area contributed by atoms with Crippen LogP contribution in [0.3, 0.4) is 0 Å². The molecule has 0 saturated heterocycles. The molecule has 2 rings (SSSR count). The first-order chi connectivity index (χ1) is 6.66. The van der Waals surface area contributed by atoms with Crippen molar-refractivity contribution in [2.75, 3.05) is 5.73 Å². The van der Waals surface area contributed by atoms with Gasteiger partial charge in [0.2, 0.25) is 0 Å². The molecule has 3 N–H and O–H groups in total. The number of fused-ring (bicyclic) bond motifs is 1. The Morgan fingerprint density at radius 1 is 1.36 bits per heavy atom. The first-order valence-electron chi connectivity index (χ1n) is 3.92. The number of anilines is 1. The first kappa shape index (κ1) is 8.43. The molecule has 14 heavy (non-hydrogen) atoms. The van der Waals surface area contributed by atoms with E-state index in [9.17, 15) is 4.79 Å². The molecule has 0 fully saturated rings. The summed E-state index contributed by atoms with van der Waals surface area (Å²) in [6, 6.07) is 4.52. The third-order valence-corrected chi connectivity index (χ3v) is 1.81. The van der Waals surface area contributed by atoms with Crippen molar-refractivity contribution in [3.8, 4) is 0 Å². The van der Waals surface area contributed by atoms with Crippen LogP contribution in [0.4, 0.5) is 5.82 Å². The normalized spacial score (nSPS) is 10.3. The number of rotatable bonds is 1. The van der Waals surface area contributed by atoms with Crippen molar-refractivity contribution in [2.24, 2.45) is 0 Å². The van der Waals surface area contributed by atoms with E-state index in [4.69, 9.17) is 10.8 Å². The summed E-state index contributed by atoms with van der Waals surface area (Å²) < 4.78 is 0. The second kappa shape index (κ2) is 2.95. The van der Waals surface area contributed by atoms with Gasteiger partial charge in [-0.25, -0.2) is 9.78 Å². The summed E-state index contributed by atoms with van der Waals surface area (Å²) in [5, 5.41) is 8.73. The van der Waals surface area contributed by atoms with Gasteiger partial charge < -0.3 is 10.8 Å². The zero-order chi connectivity index (χ0) is 10.1. The maximum Gasteiger partial charge on any atom is 0.335 e. The van der Waals surface area contributed by atoms with Crippen molar-refractivity contribution >= 4 is 22.8 Å². The lowest BCUT2D eigenvalue weighted by Gasteiger charge is -1.98. The van der Waals surface area contributed by atoms with Crippen LogP contribution in [0.1, 0.15) is 10.4 Å². The van der Waals surface area contributed by atoms with Crippen molar-refractivity contribution in [1.82, 2.24) is 9.97 Å². The van der Waals surface area contributed by atoms with Crippen molar-refractivity contribution in [1.29, 1.82) is 0 Å². The van der Waals surface area contributed by atoms with E-state index in [-0.39, 0.29) is 5.56 Å². The molecular weight excluding hydrogens is 182 g/mol. The Bertz CT molecular complexity index is 510. The van der Waals surface area contributed by atoms with E-state index in [0.717, 1.165) is 0 Å². The lowest BCUT2D eigenvalue weighted by atomic mass is 10.2. The predicted molar refractivity (Wildman–Crippen MR) is 50.9 cm³/mol. The highest BCUT2D eigenvalue weighted by molar-refractivity contribution is 5.92. The van der Waals surface area contributed by atoms with Gasteiger partial charge in [-0.05, 0) is 18.2 Å². The van der Waals surface area contributed by atoms with E-state index in [1.807, 2.05) is 0 Å². The largest absolute Gasteiger partial charge is 0.478 e. The maximum atomic E-state index is 10.6. The van der Waals surface area contributed by atoms with Crippen LogP contribution >= 0.6 is 0 Å². The van der Waals surface area contributed by atoms with Gasteiger partial charge in [0.05, 0.1) is 22.8 Å². The highest BCUT2D eigenvalue weighted by Crippen LogP contribution is 2.12. The lowest BCUT2D eigenvalue weighted by Crippen LogP contribution is -1.97. The minimum atomic E-state index is -0.981. The molecule has 0 saturated carbocycles.